The minimum absolute atomic E-state index is 0.0855. The number of hydrogen-bond donors (Lipinski definition) is 1. The summed E-state index contributed by atoms with van der Waals surface area (Å²) in [7, 11) is 0. The first-order valence-electron chi connectivity index (χ1n) is 6.50. The van der Waals surface area contributed by atoms with Crippen molar-refractivity contribution in [1.82, 2.24) is 4.98 Å². The van der Waals surface area contributed by atoms with E-state index in [-0.39, 0.29) is 6.04 Å². The standard InChI is InChI=1S/C15H17N3OS/c1-4-20-14-7-5-6-13(12(14)8-16)18-11(3)15-17-9-10(2)19-15/h5-7,9,11,18H,4H2,1-3H3. The molecule has 1 aromatic carbocycles. The highest BCUT2D eigenvalue weighted by Gasteiger charge is 2.14. The van der Waals surface area contributed by atoms with Crippen molar-refractivity contribution in [3.63, 3.8) is 0 Å². The van der Waals surface area contributed by atoms with Gasteiger partial charge in [0.15, 0.2) is 0 Å². The fraction of sp³-hybridized carbons (Fsp3) is 0.333. The van der Waals surface area contributed by atoms with E-state index in [2.05, 4.69) is 23.3 Å². The van der Waals surface area contributed by atoms with Crippen LogP contribution in [0.5, 0.6) is 0 Å². The third kappa shape index (κ3) is 3.14. The summed E-state index contributed by atoms with van der Waals surface area (Å²) < 4.78 is 5.51. The normalized spacial score (nSPS) is 11.9. The number of nitriles is 1. The van der Waals surface area contributed by atoms with E-state index < -0.39 is 0 Å². The van der Waals surface area contributed by atoms with Crippen LogP contribution in [0.15, 0.2) is 33.7 Å². The molecule has 0 amide bonds. The van der Waals surface area contributed by atoms with Crippen molar-refractivity contribution in [2.45, 2.75) is 31.7 Å². The lowest BCUT2D eigenvalue weighted by Crippen LogP contribution is -2.08. The van der Waals surface area contributed by atoms with Gasteiger partial charge < -0.3 is 9.73 Å². The Bertz CT molecular complexity index is 630. The lowest BCUT2D eigenvalue weighted by Gasteiger charge is -2.14. The van der Waals surface area contributed by atoms with Crippen LogP contribution >= 0.6 is 11.8 Å². The van der Waals surface area contributed by atoms with Gasteiger partial charge in [0, 0.05) is 4.90 Å². The summed E-state index contributed by atoms with van der Waals surface area (Å²) in [5.41, 5.74) is 1.49. The minimum Gasteiger partial charge on any atom is -0.444 e. The summed E-state index contributed by atoms with van der Waals surface area (Å²) >= 11 is 1.67. The number of thioether (sulfide) groups is 1. The van der Waals surface area contributed by atoms with Gasteiger partial charge >= 0.3 is 0 Å². The Morgan fingerprint density at radius 2 is 2.30 bits per heavy atom. The molecule has 0 fully saturated rings. The van der Waals surface area contributed by atoms with E-state index in [0.29, 0.717) is 11.5 Å². The van der Waals surface area contributed by atoms with Crippen LogP contribution in [-0.2, 0) is 0 Å². The van der Waals surface area contributed by atoms with Gasteiger partial charge in [0.05, 0.1) is 17.4 Å². The Kier molecular flexibility index (Phi) is 4.70. The van der Waals surface area contributed by atoms with Crippen molar-refractivity contribution < 1.29 is 4.42 Å². The first-order chi connectivity index (χ1) is 9.65. The monoisotopic (exact) mass is 287 g/mol. The van der Waals surface area contributed by atoms with Crippen molar-refractivity contribution in [3.05, 3.63) is 41.6 Å². The molecule has 1 atom stereocenters. The van der Waals surface area contributed by atoms with Crippen LogP contribution in [0.3, 0.4) is 0 Å². The zero-order chi connectivity index (χ0) is 14.5. The predicted molar refractivity (Wildman–Crippen MR) is 80.8 cm³/mol. The fourth-order valence-electron chi connectivity index (χ4n) is 1.91. The highest BCUT2D eigenvalue weighted by molar-refractivity contribution is 7.99. The molecule has 20 heavy (non-hydrogen) atoms. The Labute approximate surface area is 123 Å². The molecular formula is C15H17N3OS. The lowest BCUT2D eigenvalue weighted by atomic mass is 10.1. The number of nitrogens with one attached hydrogen (secondary N) is 1. The number of hydrogen-bond acceptors (Lipinski definition) is 5. The molecule has 1 N–H and O–H groups in total. The third-order valence-electron chi connectivity index (χ3n) is 2.82. The van der Waals surface area contributed by atoms with Crippen LogP contribution in [-0.4, -0.2) is 10.7 Å². The zero-order valence-corrected chi connectivity index (χ0v) is 12.6. The van der Waals surface area contributed by atoms with Crippen molar-refractivity contribution in [1.29, 1.82) is 5.26 Å². The Balaban J connectivity index is 2.25. The number of anilines is 1. The summed E-state index contributed by atoms with van der Waals surface area (Å²) in [5, 5.41) is 12.7. The van der Waals surface area contributed by atoms with Crippen LogP contribution in [0, 0.1) is 18.3 Å². The van der Waals surface area contributed by atoms with Crippen LogP contribution in [0.25, 0.3) is 0 Å². The molecule has 0 aliphatic carbocycles. The molecule has 1 aromatic heterocycles. The summed E-state index contributed by atoms with van der Waals surface area (Å²) in [6, 6.07) is 8.02. The van der Waals surface area contributed by atoms with Gasteiger partial charge in [-0.05, 0) is 31.7 Å². The predicted octanol–water partition coefficient (Wildman–Crippen LogP) is 4.14. The summed E-state index contributed by atoms with van der Waals surface area (Å²) in [4.78, 5) is 5.20. The molecule has 5 heteroatoms. The SMILES string of the molecule is CCSc1cccc(NC(C)c2ncc(C)o2)c1C#N. The second-order valence-corrected chi connectivity index (χ2v) is 5.70. The second kappa shape index (κ2) is 6.49. The first kappa shape index (κ1) is 14.5. The van der Waals surface area contributed by atoms with Gasteiger partial charge in [-0.25, -0.2) is 4.98 Å². The molecule has 0 aliphatic rings. The molecule has 2 aromatic rings. The van der Waals surface area contributed by atoms with Gasteiger partial charge in [0.2, 0.25) is 5.89 Å². The molecule has 104 valence electrons. The van der Waals surface area contributed by atoms with Gasteiger partial charge in [-0.3, -0.25) is 0 Å². The van der Waals surface area contributed by atoms with Gasteiger partial charge in [0.1, 0.15) is 17.9 Å². The van der Waals surface area contributed by atoms with E-state index >= 15 is 0 Å². The number of aryl methyl sites for hydroxylation is 1. The number of benzene rings is 1. The Morgan fingerprint density at radius 1 is 1.50 bits per heavy atom. The number of nitrogens with zero attached hydrogens (tertiary/aromatic N) is 2. The Morgan fingerprint density at radius 3 is 2.90 bits per heavy atom. The maximum atomic E-state index is 9.37. The molecule has 0 saturated carbocycles. The smallest absolute Gasteiger partial charge is 0.216 e. The van der Waals surface area contributed by atoms with E-state index in [1.807, 2.05) is 32.0 Å². The highest BCUT2D eigenvalue weighted by atomic mass is 32.2. The molecule has 0 spiro atoms. The largest absolute Gasteiger partial charge is 0.444 e. The molecule has 0 bridgehead atoms. The van der Waals surface area contributed by atoms with E-state index in [1.165, 1.54) is 0 Å². The van der Waals surface area contributed by atoms with Crippen molar-refractivity contribution >= 4 is 17.4 Å². The van der Waals surface area contributed by atoms with Gasteiger partial charge in [-0.1, -0.05) is 13.0 Å². The summed E-state index contributed by atoms with van der Waals surface area (Å²) in [6.07, 6.45) is 1.70. The molecule has 0 aliphatic heterocycles. The molecule has 4 nitrogen and oxygen atoms in total. The quantitative estimate of drug-likeness (QED) is 0.837. The Hall–Kier alpha value is -1.93. The number of oxazole rings is 1. The van der Waals surface area contributed by atoms with E-state index in [1.54, 1.807) is 18.0 Å². The molecule has 1 unspecified atom stereocenters. The maximum Gasteiger partial charge on any atom is 0.216 e. The van der Waals surface area contributed by atoms with Crippen molar-refractivity contribution in [3.8, 4) is 6.07 Å². The molecule has 2 rings (SSSR count). The van der Waals surface area contributed by atoms with Crippen LogP contribution in [0.1, 0.15) is 37.1 Å². The van der Waals surface area contributed by atoms with Gasteiger partial charge in [0.25, 0.3) is 0 Å². The van der Waals surface area contributed by atoms with Crippen LogP contribution < -0.4 is 5.32 Å². The number of rotatable bonds is 5. The van der Waals surface area contributed by atoms with E-state index in [4.69, 9.17) is 4.42 Å². The van der Waals surface area contributed by atoms with Gasteiger partial charge in [-0.15, -0.1) is 11.8 Å². The maximum absolute atomic E-state index is 9.37. The fourth-order valence-corrected chi connectivity index (χ4v) is 2.70. The third-order valence-corrected chi connectivity index (χ3v) is 3.76. The topological polar surface area (TPSA) is 61.9 Å². The zero-order valence-electron chi connectivity index (χ0n) is 11.8. The summed E-state index contributed by atoms with van der Waals surface area (Å²) in [6.45, 7) is 5.90. The van der Waals surface area contributed by atoms with Crippen molar-refractivity contribution in [2.75, 3.05) is 11.1 Å². The molecule has 1 heterocycles. The van der Waals surface area contributed by atoms with Gasteiger partial charge in [-0.2, -0.15) is 5.26 Å². The molecular weight excluding hydrogens is 270 g/mol. The van der Waals surface area contributed by atoms with Crippen LogP contribution in [0.4, 0.5) is 5.69 Å². The molecule has 0 radical (unpaired) electrons. The molecule has 0 saturated heterocycles. The summed E-state index contributed by atoms with van der Waals surface area (Å²) in [5.74, 6) is 2.34. The number of aromatic nitrogens is 1. The average Bonchev–Trinajstić information content (AvgIpc) is 2.86. The van der Waals surface area contributed by atoms with E-state index in [0.717, 1.165) is 22.1 Å². The lowest BCUT2D eigenvalue weighted by molar-refractivity contribution is 0.453. The highest BCUT2D eigenvalue weighted by Crippen LogP contribution is 2.30. The first-order valence-corrected chi connectivity index (χ1v) is 7.49. The van der Waals surface area contributed by atoms with E-state index in [9.17, 15) is 5.26 Å². The second-order valence-electron chi connectivity index (χ2n) is 4.40. The van der Waals surface area contributed by atoms with Crippen LogP contribution in [0.2, 0.25) is 0 Å². The average molecular weight is 287 g/mol. The van der Waals surface area contributed by atoms with Crippen molar-refractivity contribution in [2.24, 2.45) is 0 Å². The minimum atomic E-state index is -0.0855.